The summed E-state index contributed by atoms with van der Waals surface area (Å²) in [7, 11) is 0. The molecule has 136 valence electrons. The molecule has 1 atom stereocenters. The van der Waals surface area contributed by atoms with Gasteiger partial charge in [-0.25, -0.2) is 4.98 Å². The maximum atomic E-state index is 12.7. The van der Waals surface area contributed by atoms with Crippen molar-refractivity contribution in [3.63, 3.8) is 0 Å². The molecule has 0 spiro atoms. The normalized spacial score (nSPS) is 12.8. The molecule has 1 aromatic heterocycles. The monoisotopic (exact) mass is 363 g/mol. The van der Waals surface area contributed by atoms with Crippen molar-refractivity contribution >= 4 is 16.9 Å². The number of hydrogen-bond acceptors (Lipinski definition) is 3. The Hall–Kier alpha value is -3.03. The van der Waals surface area contributed by atoms with Crippen molar-refractivity contribution in [1.82, 2.24) is 15.3 Å². The van der Waals surface area contributed by atoms with Gasteiger partial charge in [-0.2, -0.15) is 13.2 Å². The number of benzene rings is 2. The van der Waals surface area contributed by atoms with Gasteiger partial charge < -0.3 is 15.0 Å². The zero-order chi connectivity index (χ0) is 18.7. The van der Waals surface area contributed by atoms with E-state index in [4.69, 9.17) is 4.74 Å². The van der Waals surface area contributed by atoms with Gasteiger partial charge in [-0.15, -0.1) is 0 Å². The Kier molecular flexibility index (Phi) is 4.83. The van der Waals surface area contributed by atoms with E-state index in [2.05, 4.69) is 15.3 Å². The first-order valence-corrected chi connectivity index (χ1v) is 7.87. The molecule has 0 saturated carbocycles. The number of carbonyl (C=O) groups excluding carboxylic acids is 1. The van der Waals surface area contributed by atoms with Crippen LogP contribution in [0, 0.1) is 0 Å². The molecule has 0 saturated heterocycles. The molecule has 5 nitrogen and oxygen atoms in total. The highest BCUT2D eigenvalue weighted by atomic mass is 19.4. The average molecular weight is 363 g/mol. The van der Waals surface area contributed by atoms with Crippen LogP contribution in [0.3, 0.4) is 0 Å². The van der Waals surface area contributed by atoms with Gasteiger partial charge in [0.05, 0.1) is 22.6 Å². The van der Waals surface area contributed by atoms with Crippen LogP contribution in [0.4, 0.5) is 13.2 Å². The summed E-state index contributed by atoms with van der Waals surface area (Å²) in [6.45, 7) is 1.35. The third-order valence-corrected chi connectivity index (χ3v) is 3.73. The number of amides is 1. The van der Waals surface area contributed by atoms with Crippen molar-refractivity contribution in [2.45, 2.75) is 19.1 Å². The standard InChI is InChI=1S/C18H16F3N3O2/c1-11(17-23-14-7-2-3-8-15(14)24-17)22-16(25)10-26-13-6-4-5-12(9-13)18(19,20)21/h2-9,11H,10H2,1H3,(H,22,25)(H,23,24). The van der Waals surface area contributed by atoms with E-state index in [0.29, 0.717) is 5.82 Å². The summed E-state index contributed by atoms with van der Waals surface area (Å²) in [4.78, 5) is 19.5. The number of nitrogens with one attached hydrogen (secondary N) is 2. The minimum absolute atomic E-state index is 0.0219. The number of aromatic nitrogens is 2. The van der Waals surface area contributed by atoms with E-state index in [1.165, 1.54) is 12.1 Å². The Morgan fingerprint density at radius 2 is 2.00 bits per heavy atom. The van der Waals surface area contributed by atoms with E-state index < -0.39 is 30.3 Å². The van der Waals surface area contributed by atoms with Crippen LogP contribution >= 0.6 is 0 Å². The van der Waals surface area contributed by atoms with Gasteiger partial charge >= 0.3 is 6.18 Å². The van der Waals surface area contributed by atoms with Crippen LogP contribution in [0.25, 0.3) is 11.0 Å². The Morgan fingerprint density at radius 3 is 2.73 bits per heavy atom. The quantitative estimate of drug-likeness (QED) is 0.724. The second kappa shape index (κ2) is 7.07. The zero-order valence-electron chi connectivity index (χ0n) is 13.8. The van der Waals surface area contributed by atoms with E-state index in [1.807, 2.05) is 24.3 Å². The summed E-state index contributed by atoms with van der Waals surface area (Å²) in [6, 6.07) is 11.4. The molecule has 0 aliphatic rings. The lowest BCUT2D eigenvalue weighted by molar-refractivity contribution is -0.137. The number of imidazole rings is 1. The number of alkyl halides is 3. The van der Waals surface area contributed by atoms with Crippen molar-refractivity contribution in [1.29, 1.82) is 0 Å². The number of carbonyl (C=O) groups is 1. The predicted octanol–water partition coefficient (Wildman–Crippen LogP) is 3.84. The summed E-state index contributed by atoms with van der Waals surface area (Å²) in [5, 5.41) is 2.69. The fourth-order valence-corrected chi connectivity index (χ4v) is 2.44. The lowest BCUT2D eigenvalue weighted by Gasteiger charge is -2.13. The summed E-state index contributed by atoms with van der Waals surface area (Å²) >= 11 is 0. The fourth-order valence-electron chi connectivity index (χ4n) is 2.44. The molecule has 3 rings (SSSR count). The maximum Gasteiger partial charge on any atom is 0.416 e. The molecule has 26 heavy (non-hydrogen) atoms. The minimum atomic E-state index is -4.46. The van der Waals surface area contributed by atoms with Crippen molar-refractivity contribution in [2.24, 2.45) is 0 Å². The van der Waals surface area contributed by atoms with Gasteiger partial charge in [-0.05, 0) is 37.3 Å². The highest BCUT2D eigenvalue weighted by Gasteiger charge is 2.30. The van der Waals surface area contributed by atoms with Crippen LogP contribution in [0.15, 0.2) is 48.5 Å². The SMILES string of the molecule is CC(NC(=O)COc1cccc(C(F)(F)F)c1)c1nc2ccccc2[nH]1. The predicted molar refractivity (Wildman–Crippen MR) is 89.6 cm³/mol. The molecule has 2 N–H and O–H groups in total. The zero-order valence-corrected chi connectivity index (χ0v) is 13.8. The topological polar surface area (TPSA) is 67.0 Å². The summed E-state index contributed by atoms with van der Waals surface area (Å²) in [6.07, 6.45) is -4.46. The molecular formula is C18H16F3N3O2. The molecule has 0 aliphatic heterocycles. The van der Waals surface area contributed by atoms with Crippen molar-refractivity contribution in [3.8, 4) is 5.75 Å². The fraction of sp³-hybridized carbons (Fsp3) is 0.222. The number of hydrogen-bond donors (Lipinski definition) is 2. The average Bonchev–Trinajstić information content (AvgIpc) is 3.04. The van der Waals surface area contributed by atoms with Crippen molar-refractivity contribution in [3.05, 3.63) is 59.9 Å². The van der Waals surface area contributed by atoms with Crippen LogP contribution in [-0.2, 0) is 11.0 Å². The number of ether oxygens (including phenoxy) is 1. The van der Waals surface area contributed by atoms with Crippen molar-refractivity contribution in [2.75, 3.05) is 6.61 Å². The number of nitrogens with zero attached hydrogens (tertiary/aromatic N) is 1. The first kappa shape index (κ1) is 17.8. The molecule has 1 amide bonds. The molecule has 8 heteroatoms. The van der Waals surface area contributed by atoms with E-state index in [0.717, 1.165) is 23.2 Å². The molecule has 0 bridgehead atoms. The minimum Gasteiger partial charge on any atom is -0.484 e. The number of para-hydroxylation sites is 2. The lowest BCUT2D eigenvalue weighted by atomic mass is 10.2. The summed E-state index contributed by atoms with van der Waals surface area (Å²) in [5.41, 5.74) is 0.804. The summed E-state index contributed by atoms with van der Waals surface area (Å²) < 4.78 is 43.2. The molecule has 0 fully saturated rings. The number of fused-ring (bicyclic) bond motifs is 1. The molecule has 3 aromatic rings. The maximum absolute atomic E-state index is 12.7. The van der Waals surface area contributed by atoms with Crippen LogP contribution in [0.2, 0.25) is 0 Å². The molecule has 0 radical (unpaired) electrons. The van der Waals surface area contributed by atoms with Crippen LogP contribution < -0.4 is 10.1 Å². The van der Waals surface area contributed by atoms with Crippen molar-refractivity contribution < 1.29 is 22.7 Å². The molecule has 2 aromatic carbocycles. The van der Waals surface area contributed by atoms with E-state index in [1.54, 1.807) is 6.92 Å². The molecule has 1 unspecified atom stereocenters. The van der Waals surface area contributed by atoms with Gasteiger partial charge in [0.25, 0.3) is 5.91 Å². The van der Waals surface area contributed by atoms with E-state index in [9.17, 15) is 18.0 Å². The first-order valence-electron chi connectivity index (χ1n) is 7.87. The number of halogens is 3. The molecular weight excluding hydrogens is 347 g/mol. The van der Waals surface area contributed by atoms with Crippen LogP contribution in [-0.4, -0.2) is 22.5 Å². The lowest BCUT2D eigenvalue weighted by Crippen LogP contribution is -2.31. The Morgan fingerprint density at radius 1 is 1.23 bits per heavy atom. The highest BCUT2D eigenvalue weighted by molar-refractivity contribution is 5.78. The Labute approximate surface area is 147 Å². The van der Waals surface area contributed by atoms with Crippen LogP contribution in [0.1, 0.15) is 24.4 Å². The van der Waals surface area contributed by atoms with Gasteiger partial charge in [-0.3, -0.25) is 4.79 Å². The van der Waals surface area contributed by atoms with E-state index in [-0.39, 0.29) is 5.75 Å². The van der Waals surface area contributed by atoms with E-state index >= 15 is 0 Å². The third-order valence-electron chi connectivity index (χ3n) is 3.73. The number of rotatable bonds is 5. The summed E-state index contributed by atoms with van der Waals surface area (Å²) in [5.74, 6) is 0.0975. The highest BCUT2D eigenvalue weighted by Crippen LogP contribution is 2.31. The Bertz CT molecular complexity index is 888. The van der Waals surface area contributed by atoms with Gasteiger partial charge in [0, 0.05) is 0 Å². The van der Waals surface area contributed by atoms with Crippen LogP contribution in [0.5, 0.6) is 5.75 Å². The number of H-pyrrole nitrogens is 1. The van der Waals surface area contributed by atoms with Gasteiger partial charge in [0.2, 0.25) is 0 Å². The third kappa shape index (κ3) is 4.14. The van der Waals surface area contributed by atoms with Gasteiger partial charge in [0.15, 0.2) is 6.61 Å². The molecule has 0 aliphatic carbocycles. The smallest absolute Gasteiger partial charge is 0.416 e. The Balaban J connectivity index is 1.58. The van der Waals surface area contributed by atoms with Gasteiger partial charge in [-0.1, -0.05) is 18.2 Å². The second-order valence-corrected chi connectivity index (χ2v) is 5.74. The second-order valence-electron chi connectivity index (χ2n) is 5.74. The largest absolute Gasteiger partial charge is 0.484 e. The first-order chi connectivity index (χ1) is 12.3. The molecule has 1 heterocycles. The van der Waals surface area contributed by atoms with Gasteiger partial charge in [0.1, 0.15) is 11.6 Å². The number of aromatic amines is 1.